The summed E-state index contributed by atoms with van der Waals surface area (Å²) in [7, 11) is 0. The van der Waals surface area contributed by atoms with Gasteiger partial charge in [-0.3, -0.25) is 0 Å². The molecular weight excluding hydrogens is 214 g/mol. The van der Waals surface area contributed by atoms with Crippen LogP contribution in [0.1, 0.15) is 20.3 Å². The molecule has 0 aromatic carbocycles. The summed E-state index contributed by atoms with van der Waals surface area (Å²) in [6.45, 7) is 6.91. The number of rotatable bonds is 5. The van der Waals surface area contributed by atoms with Gasteiger partial charge in [-0.1, -0.05) is 6.07 Å². The van der Waals surface area contributed by atoms with Crippen molar-refractivity contribution in [3.8, 4) is 0 Å². The molecule has 0 radical (unpaired) electrons. The molecule has 4 heteroatoms. The molecule has 17 heavy (non-hydrogen) atoms. The van der Waals surface area contributed by atoms with Gasteiger partial charge in [-0.2, -0.15) is 0 Å². The van der Waals surface area contributed by atoms with E-state index in [0.29, 0.717) is 12.0 Å². The summed E-state index contributed by atoms with van der Waals surface area (Å²) in [5.74, 6) is 2.45. The van der Waals surface area contributed by atoms with Gasteiger partial charge in [-0.15, -0.1) is 0 Å². The normalized spacial score (nSPS) is 21.2. The van der Waals surface area contributed by atoms with Crippen molar-refractivity contribution in [2.75, 3.05) is 30.4 Å². The maximum Gasteiger partial charge on any atom is 0.128 e. The van der Waals surface area contributed by atoms with E-state index in [1.807, 2.05) is 18.2 Å². The van der Waals surface area contributed by atoms with Crippen LogP contribution in [0.15, 0.2) is 18.2 Å². The Bertz CT molecular complexity index is 350. The Labute approximate surface area is 103 Å². The fourth-order valence-corrected chi connectivity index (χ4v) is 2.09. The zero-order chi connectivity index (χ0) is 12.1. The van der Waals surface area contributed by atoms with E-state index >= 15 is 0 Å². The molecule has 2 atom stereocenters. The van der Waals surface area contributed by atoms with Crippen molar-refractivity contribution in [1.82, 2.24) is 4.98 Å². The van der Waals surface area contributed by atoms with Gasteiger partial charge in [0.05, 0.1) is 6.61 Å². The van der Waals surface area contributed by atoms with Crippen molar-refractivity contribution in [1.29, 1.82) is 0 Å². The van der Waals surface area contributed by atoms with Crippen LogP contribution in [0.4, 0.5) is 11.6 Å². The smallest absolute Gasteiger partial charge is 0.128 e. The third kappa shape index (κ3) is 3.33. The average molecular weight is 235 g/mol. The first-order valence-corrected chi connectivity index (χ1v) is 6.35. The molecule has 1 saturated heterocycles. The molecule has 0 spiro atoms. The van der Waals surface area contributed by atoms with Gasteiger partial charge in [-0.05, 0) is 32.4 Å². The van der Waals surface area contributed by atoms with Crippen molar-refractivity contribution in [2.45, 2.75) is 26.3 Å². The van der Waals surface area contributed by atoms with Gasteiger partial charge in [0.1, 0.15) is 11.6 Å². The molecule has 2 heterocycles. The number of hydrogen-bond acceptors (Lipinski definition) is 4. The standard InChI is InChI=1S/C13H21N3O/c1-3-14-12-5-4-6-13(16-12)15-10(2)11-7-8-17-9-11/h4-6,10-11H,3,7-9H2,1-2H3,(H2,14,15,16). The van der Waals surface area contributed by atoms with Crippen molar-refractivity contribution in [2.24, 2.45) is 5.92 Å². The molecule has 1 fully saturated rings. The lowest BCUT2D eigenvalue weighted by atomic mass is 10.0. The van der Waals surface area contributed by atoms with Crippen molar-refractivity contribution >= 4 is 11.6 Å². The summed E-state index contributed by atoms with van der Waals surface area (Å²) < 4.78 is 5.41. The average Bonchev–Trinajstić information content (AvgIpc) is 2.83. The van der Waals surface area contributed by atoms with Gasteiger partial charge in [0.2, 0.25) is 0 Å². The Hall–Kier alpha value is -1.29. The molecule has 0 saturated carbocycles. The number of aromatic nitrogens is 1. The summed E-state index contributed by atoms with van der Waals surface area (Å²) in [6, 6.07) is 6.41. The molecule has 0 amide bonds. The molecule has 0 bridgehead atoms. The van der Waals surface area contributed by atoms with Crippen LogP contribution >= 0.6 is 0 Å². The third-order valence-corrected chi connectivity index (χ3v) is 3.15. The fraction of sp³-hybridized carbons (Fsp3) is 0.615. The number of anilines is 2. The summed E-state index contributed by atoms with van der Waals surface area (Å²) in [6.07, 6.45) is 1.14. The number of nitrogens with zero attached hydrogens (tertiary/aromatic N) is 1. The Kier molecular flexibility index (Phi) is 4.20. The van der Waals surface area contributed by atoms with Crippen molar-refractivity contribution in [3.63, 3.8) is 0 Å². The Morgan fingerprint density at radius 1 is 1.47 bits per heavy atom. The quantitative estimate of drug-likeness (QED) is 0.822. The number of pyridine rings is 1. The van der Waals surface area contributed by atoms with Crippen LogP contribution in [0.25, 0.3) is 0 Å². The van der Waals surface area contributed by atoms with Crippen LogP contribution < -0.4 is 10.6 Å². The first-order valence-electron chi connectivity index (χ1n) is 6.35. The second-order valence-corrected chi connectivity index (χ2v) is 4.50. The van der Waals surface area contributed by atoms with E-state index in [-0.39, 0.29) is 0 Å². The zero-order valence-corrected chi connectivity index (χ0v) is 10.6. The summed E-state index contributed by atoms with van der Waals surface area (Å²) in [5.41, 5.74) is 0. The van der Waals surface area contributed by atoms with Gasteiger partial charge in [-0.25, -0.2) is 4.98 Å². The summed E-state index contributed by atoms with van der Waals surface area (Å²) in [4.78, 5) is 4.51. The largest absolute Gasteiger partial charge is 0.381 e. The first kappa shape index (κ1) is 12.2. The maximum atomic E-state index is 5.41. The molecule has 1 aromatic heterocycles. The van der Waals surface area contributed by atoms with Crippen LogP contribution in [-0.2, 0) is 4.74 Å². The van der Waals surface area contributed by atoms with Gasteiger partial charge >= 0.3 is 0 Å². The highest BCUT2D eigenvalue weighted by Crippen LogP contribution is 2.20. The predicted molar refractivity (Wildman–Crippen MR) is 70.4 cm³/mol. The van der Waals surface area contributed by atoms with E-state index in [1.54, 1.807) is 0 Å². The van der Waals surface area contributed by atoms with Crippen LogP contribution in [0.3, 0.4) is 0 Å². The Balaban J connectivity index is 1.94. The third-order valence-electron chi connectivity index (χ3n) is 3.15. The number of nitrogens with one attached hydrogen (secondary N) is 2. The van der Waals surface area contributed by atoms with Gasteiger partial charge in [0, 0.05) is 25.1 Å². The highest BCUT2D eigenvalue weighted by Gasteiger charge is 2.22. The minimum atomic E-state index is 0.405. The molecule has 0 aliphatic carbocycles. The van der Waals surface area contributed by atoms with Gasteiger partial charge in [0.25, 0.3) is 0 Å². The van der Waals surface area contributed by atoms with Gasteiger partial charge in [0.15, 0.2) is 0 Å². The highest BCUT2D eigenvalue weighted by molar-refractivity contribution is 5.45. The van der Waals surface area contributed by atoms with Crippen molar-refractivity contribution < 1.29 is 4.74 Å². The number of ether oxygens (including phenoxy) is 1. The Morgan fingerprint density at radius 2 is 2.29 bits per heavy atom. The maximum absolute atomic E-state index is 5.41. The summed E-state index contributed by atoms with van der Waals surface area (Å²) >= 11 is 0. The van der Waals surface area contributed by atoms with Crippen LogP contribution in [0, 0.1) is 5.92 Å². The lowest BCUT2D eigenvalue weighted by molar-refractivity contribution is 0.183. The second-order valence-electron chi connectivity index (χ2n) is 4.50. The lowest BCUT2D eigenvalue weighted by Crippen LogP contribution is -2.26. The van der Waals surface area contributed by atoms with Crippen LogP contribution in [0.5, 0.6) is 0 Å². The van der Waals surface area contributed by atoms with E-state index in [1.165, 1.54) is 0 Å². The van der Waals surface area contributed by atoms with E-state index in [4.69, 9.17) is 4.74 Å². The minimum Gasteiger partial charge on any atom is -0.381 e. The molecule has 2 N–H and O–H groups in total. The van der Waals surface area contributed by atoms with E-state index in [2.05, 4.69) is 29.5 Å². The minimum absolute atomic E-state index is 0.405. The molecule has 4 nitrogen and oxygen atoms in total. The number of hydrogen-bond donors (Lipinski definition) is 2. The molecule has 94 valence electrons. The molecule has 2 unspecified atom stereocenters. The zero-order valence-electron chi connectivity index (χ0n) is 10.6. The van der Waals surface area contributed by atoms with E-state index < -0.39 is 0 Å². The van der Waals surface area contributed by atoms with Crippen LogP contribution in [-0.4, -0.2) is 30.8 Å². The molecule has 1 aliphatic heterocycles. The Morgan fingerprint density at radius 3 is 3.00 bits per heavy atom. The molecule has 2 rings (SSSR count). The monoisotopic (exact) mass is 235 g/mol. The molecular formula is C13H21N3O. The highest BCUT2D eigenvalue weighted by atomic mass is 16.5. The SMILES string of the molecule is CCNc1cccc(NC(C)C2CCOC2)n1. The van der Waals surface area contributed by atoms with Crippen LogP contribution in [0.2, 0.25) is 0 Å². The lowest BCUT2D eigenvalue weighted by Gasteiger charge is -2.20. The molecule has 1 aromatic rings. The fourth-order valence-electron chi connectivity index (χ4n) is 2.09. The van der Waals surface area contributed by atoms with E-state index in [9.17, 15) is 0 Å². The second kappa shape index (κ2) is 5.87. The van der Waals surface area contributed by atoms with Crippen molar-refractivity contribution in [3.05, 3.63) is 18.2 Å². The molecule has 1 aliphatic rings. The first-order chi connectivity index (χ1) is 8.29. The topological polar surface area (TPSA) is 46.2 Å². The summed E-state index contributed by atoms with van der Waals surface area (Å²) in [5, 5.41) is 6.67. The predicted octanol–water partition coefficient (Wildman–Crippen LogP) is 2.35. The van der Waals surface area contributed by atoms with E-state index in [0.717, 1.165) is 37.8 Å². The van der Waals surface area contributed by atoms with Gasteiger partial charge < -0.3 is 15.4 Å².